The molecule has 0 fully saturated rings. The van der Waals surface area contributed by atoms with Gasteiger partial charge in [-0.15, -0.1) is 0 Å². The number of aromatic nitrogens is 2. The summed E-state index contributed by atoms with van der Waals surface area (Å²) in [6.45, 7) is 0. The second-order valence-electron chi connectivity index (χ2n) is 4.00. The minimum absolute atomic E-state index is 0.863. The van der Waals surface area contributed by atoms with Crippen LogP contribution in [0.1, 0.15) is 0 Å². The Morgan fingerprint density at radius 2 is 1.79 bits per heavy atom. The molecule has 0 spiro atoms. The van der Waals surface area contributed by atoms with Crippen molar-refractivity contribution in [3.05, 3.63) is 54.7 Å². The first-order chi connectivity index (χ1) is 9.36. The number of rotatable bonds is 3. The maximum Gasteiger partial charge on any atom is 0.118 e. The summed E-state index contributed by atoms with van der Waals surface area (Å²) in [5.41, 5.74) is 0.918. The van der Waals surface area contributed by atoms with Crippen molar-refractivity contribution in [3.8, 4) is 5.75 Å². The molecule has 0 aliphatic carbocycles. The molecule has 19 heavy (non-hydrogen) atoms. The second-order valence-corrected chi connectivity index (χ2v) is 5.12. The number of nitrogens with zero attached hydrogens (tertiary/aromatic N) is 2. The minimum atomic E-state index is 0.863. The molecule has 0 bridgehead atoms. The molecule has 0 unspecified atom stereocenters. The summed E-state index contributed by atoms with van der Waals surface area (Å²) < 4.78 is 5.16. The molecule has 2 aromatic carbocycles. The van der Waals surface area contributed by atoms with Gasteiger partial charge in [-0.25, -0.2) is 0 Å². The molecular formula is C15H12N2OS. The third kappa shape index (κ3) is 2.53. The van der Waals surface area contributed by atoms with E-state index in [1.165, 1.54) is 0 Å². The molecule has 1 aromatic heterocycles. The number of fused-ring (bicyclic) bond motifs is 1. The Balaban J connectivity index is 1.96. The number of ether oxygens (including phenoxy) is 1. The topological polar surface area (TPSA) is 35.0 Å². The smallest absolute Gasteiger partial charge is 0.118 e. The van der Waals surface area contributed by atoms with E-state index in [1.807, 2.05) is 42.5 Å². The molecule has 3 nitrogen and oxygen atoms in total. The van der Waals surface area contributed by atoms with Crippen LogP contribution in [0.2, 0.25) is 0 Å². The zero-order chi connectivity index (χ0) is 13.1. The van der Waals surface area contributed by atoms with E-state index in [-0.39, 0.29) is 0 Å². The normalized spacial score (nSPS) is 10.6. The zero-order valence-electron chi connectivity index (χ0n) is 10.4. The van der Waals surface area contributed by atoms with E-state index in [1.54, 1.807) is 25.1 Å². The Hall–Kier alpha value is -2.07. The molecule has 0 radical (unpaired) electrons. The third-order valence-electron chi connectivity index (χ3n) is 2.80. The van der Waals surface area contributed by atoms with Crippen LogP contribution in [0.15, 0.2) is 64.5 Å². The standard InChI is InChI=1S/C15H12N2OS/c1-18-11-6-8-12(9-7-11)19-15-10-16-17-14-5-3-2-4-13(14)15/h2-10H,1H3. The highest BCUT2D eigenvalue weighted by Crippen LogP contribution is 2.32. The van der Waals surface area contributed by atoms with Gasteiger partial charge in [-0.1, -0.05) is 30.0 Å². The Morgan fingerprint density at radius 3 is 2.58 bits per heavy atom. The Morgan fingerprint density at radius 1 is 1.00 bits per heavy atom. The van der Waals surface area contributed by atoms with Gasteiger partial charge in [0.05, 0.1) is 18.8 Å². The molecular weight excluding hydrogens is 256 g/mol. The quantitative estimate of drug-likeness (QED) is 0.724. The van der Waals surface area contributed by atoms with E-state index in [9.17, 15) is 0 Å². The number of hydrogen-bond acceptors (Lipinski definition) is 4. The fourth-order valence-electron chi connectivity index (χ4n) is 1.83. The van der Waals surface area contributed by atoms with Crippen molar-refractivity contribution in [2.24, 2.45) is 0 Å². The summed E-state index contributed by atoms with van der Waals surface area (Å²) in [4.78, 5) is 2.26. The molecule has 94 valence electrons. The van der Waals surface area contributed by atoms with Gasteiger partial charge in [0.25, 0.3) is 0 Å². The van der Waals surface area contributed by atoms with Crippen LogP contribution < -0.4 is 4.74 Å². The van der Waals surface area contributed by atoms with Crippen molar-refractivity contribution >= 4 is 22.7 Å². The van der Waals surface area contributed by atoms with E-state index < -0.39 is 0 Å². The Bertz CT molecular complexity index is 693. The highest BCUT2D eigenvalue weighted by atomic mass is 32.2. The van der Waals surface area contributed by atoms with Crippen molar-refractivity contribution in [1.82, 2.24) is 10.2 Å². The minimum Gasteiger partial charge on any atom is -0.497 e. The zero-order valence-corrected chi connectivity index (χ0v) is 11.2. The molecule has 3 aromatic rings. The Kier molecular flexibility index (Phi) is 3.33. The molecule has 0 atom stereocenters. The van der Waals surface area contributed by atoms with Gasteiger partial charge in [-0.2, -0.15) is 10.2 Å². The van der Waals surface area contributed by atoms with Gasteiger partial charge >= 0.3 is 0 Å². The summed E-state index contributed by atoms with van der Waals surface area (Å²) in [6, 6.07) is 16.0. The third-order valence-corrected chi connectivity index (χ3v) is 3.85. The van der Waals surface area contributed by atoms with Crippen molar-refractivity contribution in [1.29, 1.82) is 0 Å². The summed E-state index contributed by atoms with van der Waals surface area (Å²) in [5.74, 6) is 0.863. The van der Waals surface area contributed by atoms with E-state index in [4.69, 9.17) is 4.74 Å². The monoisotopic (exact) mass is 268 g/mol. The van der Waals surface area contributed by atoms with Crippen molar-refractivity contribution in [3.63, 3.8) is 0 Å². The van der Waals surface area contributed by atoms with E-state index in [2.05, 4.69) is 16.3 Å². The molecule has 0 aliphatic rings. The number of benzene rings is 2. The summed E-state index contributed by atoms with van der Waals surface area (Å²) in [6.07, 6.45) is 1.80. The fourth-order valence-corrected chi connectivity index (χ4v) is 2.74. The van der Waals surface area contributed by atoms with Crippen LogP contribution >= 0.6 is 11.8 Å². The highest BCUT2D eigenvalue weighted by molar-refractivity contribution is 7.99. The first kappa shape index (κ1) is 12.0. The van der Waals surface area contributed by atoms with Gasteiger partial charge < -0.3 is 4.74 Å². The van der Waals surface area contributed by atoms with Crippen LogP contribution in [0.4, 0.5) is 0 Å². The van der Waals surface area contributed by atoms with Gasteiger partial charge in [0.15, 0.2) is 0 Å². The first-order valence-electron chi connectivity index (χ1n) is 5.89. The lowest BCUT2D eigenvalue weighted by Gasteiger charge is -2.05. The van der Waals surface area contributed by atoms with Crippen LogP contribution in [0, 0.1) is 0 Å². The van der Waals surface area contributed by atoms with Crippen LogP contribution in [-0.2, 0) is 0 Å². The molecule has 0 saturated carbocycles. The second kappa shape index (κ2) is 5.28. The predicted molar refractivity (Wildman–Crippen MR) is 76.7 cm³/mol. The SMILES string of the molecule is COc1ccc(Sc2cnnc3ccccc23)cc1. The maximum absolute atomic E-state index is 5.16. The van der Waals surface area contributed by atoms with Gasteiger partial charge in [-0.05, 0) is 30.3 Å². The summed E-state index contributed by atoms with van der Waals surface area (Å²) >= 11 is 1.68. The van der Waals surface area contributed by atoms with Crippen molar-refractivity contribution in [2.45, 2.75) is 9.79 Å². The maximum atomic E-state index is 5.16. The average Bonchev–Trinajstić information content (AvgIpc) is 2.48. The molecule has 0 amide bonds. The molecule has 3 rings (SSSR count). The summed E-state index contributed by atoms with van der Waals surface area (Å²) in [7, 11) is 1.67. The van der Waals surface area contributed by atoms with E-state index >= 15 is 0 Å². The van der Waals surface area contributed by atoms with Gasteiger partial charge in [-0.3, -0.25) is 0 Å². The molecule has 0 N–H and O–H groups in total. The van der Waals surface area contributed by atoms with Gasteiger partial charge in [0.1, 0.15) is 5.75 Å². The van der Waals surface area contributed by atoms with Gasteiger partial charge in [0, 0.05) is 15.2 Å². The lowest BCUT2D eigenvalue weighted by Crippen LogP contribution is -1.86. The highest BCUT2D eigenvalue weighted by Gasteiger charge is 2.04. The predicted octanol–water partition coefficient (Wildman–Crippen LogP) is 3.79. The number of methoxy groups -OCH3 is 1. The average molecular weight is 268 g/mol. The molecule has 4 heteroatoms. The summed E-state index contributed by atoms with van der Waals surface area (Å²) in [5, 5.41) is 9.30. The molecule has 0 saturated heterocycles. The van der Waals surface area contributed by atoms with Crippen molar-refractivity contribution in [2.75, 3.05) is 7.11 Å². The van der Waals surface area contributed by atoms with E-state index in [0.29, 0.717) is 0 Å². The van der Waals surface area contributed by atoms with Crippen LogP contribution in [-0.4, -0.2) is 17.3 Å². The number of hydrogen-bond donors (Lipinski definition) is 0. The van der Waals surface area contributed by atoms with Crippen LogP contribution in [0.5, 0.6) is 5.75 Å². The largest absolute Gasteiger partial charge is 0.497 e. The van der Waals surface area contributed by atoms with Crippen molar-refractivity contribution < 1.29 is 4.74 Å². The lowest BCUT2D eigenvalue weighted by molar-refractivity contribution is 0.414. The first-order valence-corrected chi connectivity index (χ1v) is 6.71. The molecule has 0 aliphatic heterocycles. The molecule has 1 heterocycles. The van der Waals surface area contributed by atoms with Crippen LogP contribution in [0.25, 0.3) is 10.9 Å². The fraction of sp³-hybridized carbons (Fsp3) is 0.0667. The Labute approximate surface area is 115 Å². The van der Waals surface area contributed by atoms with Gasteiger partial charge in [0.2, 0.25) is 0 Å². The van der Waals surface area contributed by atoms with Crippen LogP contribution in [0.3, 0.4) is 0 Å². The van der Waals surface area contributed by atoms with E-state index in [0.717, 1.165) is 26.4 Å². The lowest BCUT2D eigenvalue weighted by atomic mass is 10.2.